The molecule has 0 amide bonds. The van der Waals surface area contributed by atoms with Crippen LogP contribution in [0.5, 0.6) is 0 Å². The molecule has 0 heterocycles. The van der Waals surface area contributed by atoms with Crippen LogP contribution in [0.2, 0.25) is 0 Å². The minimum atomic E-state index is -0.936. The van der Waals surface area contributed by atoms with Crippen molar-refractivity contribution in [3.05, 3.63) is 0 Å². The van der Waals surface area contributed by atoms with E-state index in [1.54, 1.807) is 20.8 Å². The van der Waals surface area contributed by atoms with E-state index in [4.69, 9.17) is 0 Å². The van der Waals surface area contributed by atoms with Crippen molar-refractivity contribution in [3.8, 4) is 0 Å². The number of halogens is 1. The van der Waals surface area contributed by atoms with Crippen molar-refractivity contribution >= 4 is 38.2 Å². The van der Waals surface area contributed by atoms with Gasteiger partial charge in [0.05, 0.1) is 17.8 Å². The first-order valence-corrected chi connectivity index (χ1v) is 9.57. The maximum Gasteiger partial charge on any atom is 0.306 e. The molecule has 23 heavy (non-hydrogen) atoms. The Morgan fingerprint density at radius 2 is 0.913 bits per heavy atom. The van der Waals surface area contributed by atoms with E-state index in [-0.39, 0.29) is 12.4 Å². The number of carboxylic acids is 3. The van der Waals surface area contributed by atoms with Gasteiger partial charge < -0.3 is 15.3 Å². The second kappa shape index (κ2) is 12.5. The summed E-state index contributed by atoms with van der Waals surface area (Å²) in [5.74, 6) is -4.23. The second-order valence-electron chi connectivity index (χ2n) is 5.55. The van der Waals surface area contributed by atoms with Gasteiger partial charge in [-0.05, 0) is 37.7 Å². The number of carbonyl (C=O) groups is 3. The second-order valence-corrected chi connectivity index (χ2v) is 7.99. The molecule has 0 saturated heterocycles. The molecule has 0 fully saturated rings. The maximum atomic E-state index is 11.2. The molecule has 136 valence electrons. The standard InChI is InChI=1S/C15H27O6P.ClH/c1-4-10(13(16)17)7-22(8-11(5-2)14(18)19)9-12(6-3)15(20)21;/h10-12H,4-9H2,1-3H3,(H,16,17)(H,18,19)(H,20,21);1H. The van der Waals surface area contributed by atoms with Gasteiger partial charge in [0.1, 0.15) is 0 Å². The lowest BCUT2D eigenvalue weighted by molar-refractivity contribution is -0.141. The quantitative estimate of drug-likeness (QED) is 0.455. The highest BCUT2D eigenvalue weighted by molar-refractivity contribution is 7.57. The molecule has 3 N–H and O–H groups in total. The van der Waals surface area contributed by atoms with Gasteiger partial charge in [-0.25, -0.2) is 0 Å². The van der Waals surface area contributed by atoms with E-state index < -0.39 is 43.6 Å². The van der Waals surface area contributed by atoms with Crippen molar-refractivity contribution < 1.29 is 29.7 Å². The molecular weight excluding hydrogens is 343 g/mol. The molecule has 0 saturated carbocycles. The summed E-state index contributed by atoms with van der Waals surface area (Å²) in [7, 11) is -0.936. The third kappa shape index (κ3) is 9.11. The van der Waals surface area contributed by atoms with Crippen LogP contribution in [-0.4, -0.2) is 51.7 Å². The van der Waals surface area contributed by atoms with Gasteiger partial charge in [-0.3, -0.25) is 14.4 Å². The maximum absolute atomic E-state index is 11.2. The fourth-order valence-corrected chi connectivity index (χ4v) is 5.86. The molecule has 3 atom stereocenters. The molecule has 0 aromatic rings. The Balaban J connectivity index is 0. The van der Waals surface area contributed by atoms with Gasteiger partial charge >= 0.3 is 17.9 Å². The predicted octanol–water partition coefficient (Wildman–Crippen LogP) is 3.22. The van der Waals surface area contributed by atoms with Crippen molar-refractivity contribution in [3.63, 3.8) is 0 Å². The summed E-state index contributed by atoms with van der Waals surface area (Å²) in [6.45, 7) is 5.36. The Bertz CT molecular complexity index is 333. The monoisotopic (exact) mass is 370 g/mol. The molecule has 8 heteroatoms. The lowest BCUT2D eigenvalue weighted by Crippen LogP contribution is -2.25. The van der Waals surface area contributed by atoms with Crippen molar-refractivity contribution in [2.75, 3.05) is 18.5 Å². The molecule has 0 aliphatic rings. The molecule has 3 unspecified atom stereocenters. The normalized spacial score (nSPS) is 15.8. The minimum absolute atomic E-state index is 0. The molecule has 0 aromatic carbocycles. The Hall–Kier alpha value is -0.870. The summed E-state index contributed by atoms with van der Waals surface area (Å²) < 4.78 is 0. The first-order chi connectivity index (χ1) is 10.3. The zero-order valence-corrected chi connectivity index (χ0v) is 15.6. The van der Waals surface area contributed by atoms with Gasteiger partial charge in [-0.2, -0.15) is 0 Å². The number of hydrogen-bond acceptors (Lipinski definition) is 3. The highest BCUT2D eigenvalue weighted by Crippen LogP contribution is 2.43. The van der Waals surface area contributed by atoms with Gasteiger partial charge in [0.25, 0.3) is 0 Å². The van der Waals surface area contributed by atoms with Gasteiger partial charge in [0.15, 0.2) is 0 Å². The van der Waals surface area contributed by atoms with Gasteiger partial charge in [-0.1, -0.05) is 20.8 Å². The third-order valence-electron chi connectivity index (χ3n) is 3.96. The van der Waals surface area contributed by atoms with Crippen LogP contribution in [0.15, 0.2) is 0 Å². The number of hydrogen-bond donors (Lipinski definition) is 3. The topological polar surface area (TPSA) is 112 Å². The summed E-state index contributed by atoms with van der Waals surface area (Å²) in [6, 6.07) is 0. The van der Waals surface area contributed by atoms with Gasteiger partial charge in [0, 0.05) is 0 Å². The molecule has 0 aliphatic heterocycles. The highest BCUT2D eigenvalue weighted by Gasteiger charge is 2.29. The van der Waals surface area contributed by atoms with Crippen LogP contribution in [-0.2, 0) is 14.4 Å². The van der Waals surface area contributed by atoms with E-state index in [0.717, 1.165) is 0 Å². The summed E-state index contributed by atoms with van der Waals surface area (Å²) in [4.78, 5) is 33.7. The van der Waals surface area contributed by atoms with Gasteiger partial charge in [0.2, 0.25) is 0 Å². The molecule has 0 bridgehead atoms. The predicted molar refractivity (Wildman–Crippen MR) is 93.0 cm³/mol. The highest BCUT2D eigenvalue weighted by atomic mass is 35.5. The SMILES string of the molecule is CCC(CP(CC(CC)C(=O)O)CC(CC)C(=O)O)C(=O)O.Cl. The summed E-state index contributed by atoms with van der Waals surface area (Å²) >= 11 is 0. The molecular formula is C15H28ClO6P. The van der Waals surface area contributed by atoms with Crippen LogP contribution in [0.4, 0.5) is 0 Å². The average Bonchev–Trinajstić information content (AvgIpc) is 2.45. The van der Waals surface area contributed by atoms with Crippen molar-refractivity contribution in [2.24, 2.45) is 17.8 Å². The fraction of sp³-hybridized carbons (Fsp3) is 0.800. The van der Waals surface area contributed by atoms with Gasteiger partial charge in [-0.15, -0.1) is 20.3 Å². The van der Waals surface area contributed by atoms with Crippen LogP contribution < -0.4 is 0 Å². The van der Waals surface area contributed by atoms with Crippen LogP contribution in [0.3, 0.4) is 0 Å². The molecule has 0 rings (SSSR count). The number of rotatable bonds is 12. The summed E-state index contributed by atoms with van der Waals surface area (Å²) in [5.41, 5.74) is 0. The largest absolute Gasteiger partial charge is 0.481 e. The van der Waals surface area contributed by atoms with Crippen molar-refractivity contribution in [2.45, 2.75) is 40.0 Å². The Kier molecular flexibility index (Phi) is 13.3. The van der Waals surface area contributed by atoms with E-state index in [2.05, 4.69) is 0 Å². The van der Waals surface area contributed by atoms with Crippen LogP contribution in [0.25, 0.3) is 0 Å². The zero-order valence-electron chi connectivity index (χ0n) is 13.9. The first-order valence-electron chi connectivity index (χ1n) is 7.67. The molecule has 0 radical (unpaired) electrons. The summed E-state index contributed by atoms with van der Waals surface area (Å²) in [5, 5.41) is 27.6. The van der Waals surface area contributed by atoms with Crippen molar-refractivity contribution in [1.29, 1.82) is 0 Å². The van der Waals surface area contributed by atoms with E-state index in [1.165, 1.54) is 0 Å². The fourth-order valence-electron chi connectivity index (χ4n) is 2.30. The van der Waals surface area contributed by atoms with E-state index in [1.807, 2.05) is 0 Å². The number of aliphatic carboxylic acids is 3. The Labute approximate surface area is 144 Å². The molecule has 0 aromatic heterocycles. The molecule has 0 aliphatic carbocycles. The summed E-state index contributed by atoms with van der Waals surface area (Å²) in [6.07, 6.45) is 2.61. The molecule has 6 nitrogen and oxygen atoms in total. The lowest BCUT2D eigenvalue weighted by atomic mass is 10.1. The van der Waals surface area contributed by atoms with Crippen LogP contribution >= 0.6 is 20.3 Å². The smallest absolute Gasteiger partial charge is 0.306 e. The van der Waals surface area contributed by atoms with E-state index >= 15 is 0 Å². The van der Waals surface area contributed by atoms with Crippen LogP contribution in [0.1, 0.15) is 40.0 Å². The average molecular weight is 371 g/mol. The molecule has 0 spiro atoms. The minimum Gasteiger partial charge on any atom is -0.481 e. The Morgan fingerprint density at radius 1 is 0.696 bits per heavy atom. The van der Waals surface area contributed by atoms with E-state index in [9.17, 15) is 29.7 Å². The third-order valence-corrected chi connectivity index (χ3v) is 6.83. The van der Waals surface area contributed by atoms with E-state index in [0.29, 0.717) is 37.7 Å². The zero-order chi connectivity index (χ0) is 17.3. The van der Waals surface area contributed by atoms with Crippen molar-refractivity contribution in [1.82, 2.24) is 0 Å². The Morgan fingerprint density at radius 3 is 1.04 bits per heavy atom. The first kappa shape index (κ1) is 24.4. The number of carboxylic acid groups (broad SMARTS) is 3. The van der Waals surface area contributed by atoms with Crippen LogP contribution in [0, 0.1) is 17.8 Å². The lowest BCUT2D eigenvalue weighted by Gasteiger charge is -2.26.